The molecule has 224 valence electrons. The second kappa shape index (κ2) is 14.8. The molecular weight excluding hydrogens is 577 g/mol. The molecule has 0 unspecified atom stereocenters. The van der Waals surface area contributed by atoms with Crippen LogP contribution in [0.1, 0.15) is 36.1 Å². The summed E-state index contributed by atoms with van der Waals surface area (Å²) >= 11 is 0. The Hall–Kier alpha value is -3.92. The Labute approximate surface area is 258 Å². The van der Waals surface area contributed by atoms with Gasteiger partial charge in [0.1, 0.15) is 11.4 Å². The molecule has 0 radical (unpaired) electrons. The van der Waals surface area contributed by atoms with Crippen LogP contribution in [0.3, 0.4) is 0 Å². The zero-order valence-electron chi connectivity index (χ0n) is 23.5. The second-order valence-electron chi connectivity index (χ2n) is 10.5. The first-order valence-electron chi connectivity index (χ1n) is 13.2. The molecule has 2 amide bonds. The average molecular weight is 615 g/mol. The van der Waals surface area contributed by atoms with Gasteiger partial charge in [-0.3, -0.25) is 25.1 Å². The molecule has 9 nitrogen and oxygen atoms in total. The number of fused-ring (bicyclic) bond motifs is 3. The maximum absolute atomic E-state index is 14.1. The van der Waals surface area contributed by atoms with Gasteiger partial charge >= 0.3 is 5.97 Å². The summed E-state index contributed by atoms with van der Waals surface area (Å²) in [6, 6.07) is 21.9. The van der Waals surface area contributed by atoms with Crippen molar-refractivity contribution in [3.63, 3.8) is 0 Å². The highest BCUT2D eigenvalue weighted by Crippen LogP contribution is 2.36. The van der Waals surface area contributed by atoms with E-state index in [2.05, 4.69) is 16.0 Å². The van der Waals surface area contributed by atoms with Gasteiger partial charge in [0.05, 0.1) is 12.6 Å². The van der Waals surface area contributed by atoms with Gasteiger partial charge < -0.3 is 21.5 Å². The molecule has 0 bridgehead atoms. The minimum atomic E-state index is -1.34. The van der Waals surface area contributed by atoms with E-state index in [1.807, 2.05) is 62.4 Å². The van der Waals surface area contributed by atoms with E-state index in [-0.39, 0.29) is 68.4 Å². The lowest BCUT2D eigenvalue weighted by Gasteiger charge is -2.35. The molecule has 0 saturated heterocycles. The van der Waals surface area contributed by atoms with Crippen molar-refractivity contribution in [1.29, 1.82) is 5.41 Å². The number of nitrogens with two attached hydrogens (primary N) is 1. The van der Waals surface area contributed by atoms with Crippen molar-refractivity contribution in [1.82, 2.24) is 16.0 Å². The average Bonchev–Trinajstić information content (AvgIpc) is 3.06. The number of amides is 2. The molecule has 0 heterocycles. The Morgan fingerprint density at radius 2 is 1.43 bits per heavy atom. The maximum atomic E-state index is 14.1. The third-order valence-corrected chi connectivity index (χ3v) is 7.25. The molecular formula is C31H37Cl2N5O4. The number of hydrogen-bond donors (Lipinski definition) is 6. The standard InChI is InChI=1S/C31H35N5O4.2ClH/c1-19(2)27(34-18-26(37)38)29(39)36-31(30(40)35-17-20-11-13-21(14-12-20)28(32)33)15-22-7-3-5-9-24(22)25-10-6-4-8-23(25)16-31;;/h3-14,19,27,34H,15-18H2,1-2H3,(H3,32,33)(H,35,40)(H,36,39)(H,37,38);2*1H/t27-;;/m1../s1. The smallest absolute Gasteiger partial charge is 0.317 e. The number of nitrogens with one attached hydrogen (secondary N) is 4. The van der Waals surface area contributed by atoms with Crippen molar-refractivity contribution in [2.45, 2.75) is 44.8 Å². The summed E-state index contributed by atoms with van der Waals surface area (Å²) in [6.07, 6.45) is 0.505. The zero-order chi connectivity index (χ0) is 28.9. The molecule has 1 aliphatic rings. The first kappa shape index (κ1) is 34.3. The highest BCUT2D eigenvalue weighted by Gasteiger charge is 2.44. The van der Waals surface area contributed by atoms with Crippen LogP contribution in [0.15, 0.2) is 72.8 Å². The third kappa shape index (κ3) is 7.88. The van der Waals surface area contributed by atoms with E-state index in [4.69, 9.17) is 11.1 Å². The normalized spacial score (nSPS) is 13.6. The predicted molar refractivity (Wildman–Crippen MR) is 168 cm³/mol. The van der Waals surface area contributed by atoms with E-state index in [1.54, 1.807) is 24.3 Å². The molecule has 3 aromatic rings. The number of carboxylic acids is 1. The molecule has 42 heavy (non-hydrogen) atoms. The number of rotatable bonds is 10. The summed E-state index contributed by atoms with van der Waals surface area (Å²) in [7, 11) is 0. The van der Waals surface area contributed by atoms with Crippen molar-refractivity contribution in [2.75, 3.05) is 6.54 Å². The third-order valence-electron chi connectivity index (χ3n) is 7.25. The Morgan fingerprint density at radius 3 is 1.90 bits per heavy atom. The van der Waals surface area contributed by atoms with Gasteiger partial charge in [-0.05, 0) is 33.7 Å². The molecule has 0 fully saturated rings. The molecule has 0 spiro atoms. The van der Waals surface area contributed by atoms with E-state index in [0.29, 0.717) is 5.56 Å². The minimum absolute atomic E-state index is 0. The zero-order valence-corrected chi connectivity index (χ0v) is 25.1. The molecule has 3 aromatic carbocycles. The SMILES string of the molecule is CC(C)[C@@H](NCC(=O)O)C(=O)NC1(C(=O)NCc2ccc(C(=N)N)cc2)Cc2ccccc2-c2ccccc2C1.Cl.Cl. The van der Waals surface area contributed by atoms with Gasteiger partial charge in [0, 0.05) is 24.9 Å². The number of carbonyl (C=O) groups excluding carboxylic acids is 2. The van der Waals surface area contributed by atoms with Crippen LogP contribution in [-0.2, 0) is 33.8 Å². The number of halogens is 2. The molecule has 1 atom stereocenters. The van der Waals surface area contributed by atoms with Gasteiger partial charge in [0.25, 0.3) is 0 Å². The molecule has 0 aromatic heterocycles. The lowest BCUT2D eigenvalue weighted by Crippen LogP contribution is -2.64. The molecule has 11 heteroatoms. The van der Waals surface area contributed by atoms with Crippen molar-refractivity contribution < 1.29 is 19.5 Å². The highest BCUT2D eigenvalue weighted by atomic mass is 35.5. The fraction of sp³-hybridized carbons (Fsp3) is 0.290. The lowest BCUT2D eigenvalue weighted by molar-refractivity contribution is -0.137. The first-order valence-corrected chi connectivity index (χ1v) is 13.2. The van der Waals surface area contributed by atoms with E-state index in [1.165, 1.54) is 0 Å². The summed E-state index contributed by atoms with van der Waals surface area (Å²) in [4.78, 5) is 39.1. The highest BCUT2D eigenvalue weighted by molar-refractivity contribution is 5.96. The van der Waals surface area contributed by atoms with Crippen LogP contribution in [0.5, 0.6) is 0 Å². The molecule has 0 saturated carbocycles. The summed E-state index contributed by atoms with van der Waals surface area (Å²) in [5, 5.41) is 25.7. The monoisotopic (exact) mass is 613 g/mol. The van der Waals surface area contributed by atoms with E-state index >= 15 is 0 Å². The summed E-state index contributed by atoms with van der Waals surface area (Å²) in [5.41, 5.74) is 9.49. The van der Waals surface area contributed by atoms with Gasteiger partial charge in [-0.2, -0.15) is 0 Å². The van der Waals surface area contributed by atoms with Gasteiger partial charge in [0.2, 0.25) is 11.8 Å². The molecule has 7 N–H and O–H groups in total. The first-order chi connectivity index (χ1) is 19.1. The number of aliphatic carboxylic acids is 1. The predicted octanol–water partition coefficient (Wildman–Crippen LogP) is 3.45. The largest absolute Gasteiger partial charge is 0.480 e. The van der Waals surface area contributed by atoms with Crippen LogP contribution in [0.2, 0.25) is 0 Å². The van der Waals surface area contributed by atoms with Gasteiger partial charge in [-0.1, -0.05) is 86.6 Å². The van der Waals surface area contributed by atoms with E-state index < -0.39 is 23.5 Å². The summed E-state index contributed by atoms with van der Waals surface area (Å²) in [6.45, 7) is 3.49. The summed E-state index contributed by atoms with van der Waals surface area (Å²) < 4.78 is 0. The second-order valence-corrected chi connectivity index (χ2v) is 10.5. The van der Waals surface area contributed by atoms with Gasteiger partial charge in [-0.25, -0.2) is 0 Å². The minimum Gasteiger partial charge on any atom is -0.480 e. The number of carbonyl (C=O) groups is 3. The van der Waals surface area contributed by atoms with Crippen LogP contribution in [0.4, 0.5) is 0 Å². The van der Waals surface area contributed by atoms with Gasteiger partial charge in [-0.15, -0.1) is 24.8 Å². The number of hydrogen-bond acceptors (Lipinski definition) is 5. The fourth-order valence-corrected chi connectivity index (χ4v) is 5.19. The van der Waals surface area contributed by atoms with Crippen LogP contribution in [0.25, 0.3) is 11.1 Å². The number of nitrogen functional groups attached to an aromatic ring is 1. The summed E-state index contributed by atoms with van der Waals surface area (Å²) in [5.74, 6) is -2.11. The Bertz CT molecular complexity index is 1380. The fourth-order valence-electron chi connectivity index (χ4n) is 5.19. The number of carboxylic acid groups (broad SMARTS) is 1. The molecule has 1 aliphatic carbocycles. The van der Waals surface area contributed by atoms with Crippen molar-refractivity contribution in [2.24, 2.45) is 11.7 Å². The Kier molecular flexibility index (Phi) is 12.1. The molecule has 0 aliphatic heterocycles. The van der Waals surface area contributed by atoms with Crippen LogP contribution in [-0.4, -0.2) is 46.9 Å². The number of amidine groups is 1. The van der Waals surface area contributed by atoms with Gasteiger partial charge in [0.15, 0.2) is 0 Å². The van der Waals surface area contributed by atoms with E-state index in [0.717, 1.165) is 27.8 Å². The topological polar surface area (TPSA) is 157 Å². The quantitative estimate of drug-likeness (QED) is 0.152. The van der Waals surface area contributed by atoms with Crippen molar-refractivity contribution >= 4 is 48.4 Å². The van der Waals surface area contributed by atoms with E-state index in [9.17, 15) is 19.5 Å². The maximum Gasteiger partial charge on any atom is 0.317 e. The Morgan fingerprint density at radius 1 is 0.905 bits per heavy atom. The van der Waals surface area contributed by atoms with Crippen molar-refractivity contribution in [3.05, 3.63) is 95.1 Å². The van der Waals surface area contributed by atoms with Crippen LogP contribution >= 0.6 is 24.8 Å². The lowest BCUT2D eigenvalue weighted by atomic mass is 9.84. The van der Waals surface area contributed by atoms with Crippen LogP contribution in [0, 0.1) is 11.3 Å². The Balaban J connectivity index is 0.00000308. The molecule has 4 rings (SSSR count). The van der Waals surface area contributed by atoms with Crippen molar-refractivity contribution in [3.8, 4) is 11.1 Å². The van der Waals surface area contributed by atoms with Crippen LogP contribution < -0.4 is 21.7 Å². The number of benzene rings is 3.